The lowest BCUT2D eigenvalue weighted by atomic mass is 9.92. The number of aliphatic hydroxyl groups excluding tert-OH is 1. The molecule has 0 unspecified atom stereocenters. The number of anilines is 1. The van der Waals surface area contributed by atoms with Gasteiger partial charge in [0.25, 0.3) is 5.91 Å². The Kier molecular flexibility index (Phi) is 11.7. The fourth-order valence-corrected chi connectivity index (χ4v) is 5.24. The fraction of sp³-hybridized carbons (Fsp3) is 0.471. The molecular weight excluding hydrogens is 546 g/mol. The number of rotatable bonds is 12. The molecule has 0 spiro atoms. The maximum Gasteiger partial charge on any atom is 0.411 e. The molecule has 232 valence electrons. The first-order valence-corrected chi connectivity index (χ1v) is 14.9. The van der Waals surface area contributed by atoms with Crippen LogP contribution in [0.15, 0.2) is 48.2 Å². The Morgan fingerprint density at radius 2 is 1.63 bits per heavy atom. The van der Waals surface area contributed by atoms with E-state index in [9.17, 15) is 24.3 Å². The number of carbonyl (C=O) groups excluding carboxylic acids is 4. The molecule has 0 fully saturated rings. The summed E-state index contributed by atoms with van der Waals surface area (Å²) in [6, 6.07) is 9.72. The lowest BCUT2D eigenvalue weighted by Gasteiger charge is -2.24. The van der Waals surface area contributed by atoms with Crippen LogP contribution in [0, 0.1) is 25.7 Å². The number of amides is 3. The maximum absolute atomic E-state index is 13.4. The second-order valence-electron chi connectivity index (χ2n) is 11.9. The smallest absolute Gasteiger partial charge is 0.411 e. The summed E-state index contributed by atoms with van der Waals surface area (Å²) in [4.78, 5) is 52.9. The number of aryl methyl sites for hydroxylation is 2. The van der Waals surface area contributed by atoms with Gasteiger partial charge in [-0.2, -0.15) is 0 Å². The van der Waals surface area contributed by atoms with Gasteiger partial charge in [0.05, 0.1) is 29.9 Å². The molecule has 9 heteroatoms. The predicted octanol–water partition coefficient (Wildman–Crippen LogP) is 5.46. The van der Waals surface area contributed by atoms with Crippen molar-refractivity contribution in [2.45, 2.75) is 86.4 Å². The van der Waals surface area contributed by atoms with Crippen molar-refractivity contribution < 1.29 is 29.0 Å². The molecule has 0 aliphatic carbocycles. The minimum Gasteiger partial charge on any atom is -0.444 e. The topological polar surface area (TPSA) is 125 Å². The summed E-state index contributed by atoms with van der Waals surface area (Å²) >= 11 is 0. The maximum atomic E-state index is 13.4. The van der Waals surface area contributed by atoms with Gasteiger partial charge in [-0.05, 0) is 80.8 Å². The number of nitrogens with zero attached hydrogens (tertiary/aromatic N) is 1. The van der Waals surface area contributed by atoms with Gasteiger partial charge >= 0.3 is 6.09 Å². The molecule has 43 heavy (non-hydrogen) atoms. The lowest BCUT2D eigenvalue weighted by Crippen LogP contribution is -2.43. The zero-order chi connectivity index (χ0) is 31.8. The second kappa shape index (κ2) is 15.0. The van der Waals surface area contributed by atoms with E-state index in [-0.39, 0.29) is 55.1 Å². The Morgan fingerprint density at radius 3 is 2.23 bits per heavy atom. The van der Waals surface area contributed by atoms with Crippen LogP contribution in [0.1, 0.15) is 80.1 Å². The zero-order valence-electron chi connectivity index (χ0n) is 26.3. The van der Waals surface area contributed by atoms with Gasteiger partial charge in [-0.1, -0.05) is 50.6 Å². The molecule has 0 bridgehead atoms. The van der Waals surface area contributed by atoms with Gasteiger partial charge in [0, 0.05) is 18.5 Å². The number of Topliss-reactive ketones (excluding diaryl/α,β-unsaturated/α-hetero) is 1. The van der Waals surface area contributed by atoms with Crippen LogP contribution in [0.5, 0.6) is 0 Å². The van der Waals surface area contributed by atoms with Crippen molar-refractivity contribution in [3.63, 3.8) is 0 Å². The van der Waals surface area contributed by atoms with Gasteiger partial charge in [-0.25, -0.2) is 4.79 Å². The molecule has 3 N–H and O–H groups in total. The van der Waals surface area contributed by atoms with E-state index >= 15 is 0 Å². The Balaban J connectivity index is 1.59. The summed E-state index contributed by atoms with van der Waals surface area (Å²) in [5.41, 5.74) is 4.98. The number of carbonyl (C=O) groups is 4. The van der Waals surface area contributed by atoms with Crippen molar-refractivity contribution in [3.8, 4) is 0 Å². The average Bonchev–Trinajstić information content (AvgIpc) is 3.34. The van der Waals surface area contributed by atoms with Gasteiger partial charge in [0.2, 0.25) is 5.91 Å². The van der Waals surface area contributed by atoms with Crippen molar-refractivity contribution in [1.82, 2.24) is 10.2 Å². The third-order valence-electron chi connectivity index (χ3n) is 8.05. The molecule has 3 atom stereocenters. The van der Waals surface area contributed by atoms with Crippen LogP contribution in [0.4, 0.5) is 10.5 Å². The second-order valence-corrected chi connectivity index (χ2v) is 11.9. The summed E-state index contributed by atoms with van der Waals surface area (Å²) in [7, 11) is 0. The molecule has 0 saturated carbocycles. The summed E-state index contributed by atoms with van der Waals surface area (Å²) in [5.74, 6) is -0.416. The fourth-order valence-electron chi connectivity index (χ4n) is 5.24. The predicted molar refractivity (Wildman–Crippen MR) is 167 cm³/mol. The largest absolute Gasteiger partial charge is 0.444 e. The highest BCUT2D eigenvalue weighted by Gasteiger charge is 2.30. The Morgan fingerprint density at radius 1 is 1.00 bits per heavy atom. The van der Waals surface area contributed by atoms with Crippen LogP contribution >= 0.6 is 0 Å². The summed E-state index contributed by atoms with van der Waals surface area (Å²) in [6.07, 6.45) is 2.52. The molecule has 3 rings (SSSR count). The molecule has 0 saturated heterocycles. The van der Waals surface area contributed by atoms with Gasteiger partial charge in [0.1, 0.15) is 6.61 Å². The monoisotopic (exact) mass is 591 g/mol. The molecule has 2 aromatic carbocycles. The van der Waals surface area contributed by atoms with Crippen molar-refractivity contribution in [1.29, 1.82) is 0 Å². The van der Waals surface area contributed by atoms with E-state index in [1.54, 1.807) is 49.5 Å². The molecule has 2 aromatic rings. The van der Waals surface area contributed by atoms with E-state index in [0.717, 1.165) is 34.2 Å². The minimum absolute atomic E-state index is 0.00506. The standard InChI is InChI=1S/C34H45N3O6/c1-8-28(20(2)3)32(40)35-24(7)31(39)16-25-9-11-26(12-10-25)19-43-34(42)36-30-15-23(6)22(5)14-29(30)33(41)37-17-21(4)13-27(37)18-38/h9-12,14-15,17,20,24,27-28,38H,8,13,16,18-19H2,1-7H3,(H,35,40)(H,36,42)/t24-,27-,28-/m0/s1. The minimum atomic E-state index is -0.709. The third-order valence-corrected chi connectivity index (χ3v) is 8.05. The van der Waals surface area contributed by atoms with Crippen molar-refractivity contribution >= 4 is 29.4 Å². The van der Waals surface area contributed by atoms with Crippen LogP contribution in [0.3, 0.4) is 0 Å². The van der Waals surface area contributed by atoms with Crippen LogP contribution in [0.25, 0.3) is 0 Å². The number of nitrogens with one attached hydrogen (secondary N) is 2. The van der Waals surface area contributed by atoms with E-state index in [1.165, 1.54) is 4.90 Å². The summed E-state index contributed by atoms with van der Waals surface area (Å²) < 4.78 is 5.44. The SMILES string of the molecule is CC[C@H](C(=O)N[C@@H](C)C(=O)Cc1ccc(COC(=O)Nc2cc(C)c(C)cc2C(=O)N2C=C(C)C[C@H]2CO)cc1)C(C)C. The molecule has 0 aromatic heterocycles. The van der Waals surface area contributed by atoms with Gasteiger partial charge in [-0.15, -0.1) is 0 Å². The van der Waals surface area contributed by atoms with Crippen molar-refractivity contribution in [2.75, 3.05) is 11.9 Å². The van der Waals surface area contributed by atoms with E-state index in [4.69, 9.17) is 4.74 Å². The van der Waals surface area contributed by atoms with E-state index in [0.29, 0.717) is 17.7 Å². The van der Waals surface area contributed by atoms with Gasteiger partial charge in [0.15, 0.2) is 5.78 Å². The molecular formula is C34H45N3O6. The van der Waals surface area contributed by atoms with E-state index in [1.807, 2.05) is 41.5 Å². The first-order chi connectivity index (χ1) is 20.3. The number of benzene rings is 2. The molecule has 1 heterocycles. The van der Waals surface area contributed by atoms with Crippen LogP contribution < -0.4 is 10.6 Å². The number of ether oxygens (including phenoxy) is 1. The number of aliphatic hydroxyl groups is 1. The van der Waals surface area contributed by atoms with E-state index < -0.39 is 12.1 Å². The highest BCUT2D eigenvalue weighted by molar-refractivity contribution is 6.03. The summed E-state index contributed by atoms with van der Waals surface area (Å²) in [6.45, 7) is 13.2. The highest BCUT2D eigenvalue weighted by Crippen LogP contribution is 2.28. The number of hydrogen-bond acceptors (Lipinski definition) is 6. The first kappa shape index (κ1) is 33.5. The highest BCUT2D eigenvalue weighted by atomic mass is 16.5. The average molecular weight is 592 g/mol. The first-order valence-electron chi connectivity index (χ1n) is 14.9. The molecule has 9 nitrogen and oxygen atoms in total. The Hall–Kier alpha value is -3.98. The molecule has 1 aliphatic heterocycles. The van der Waals surface area contributed by atoms with E-state index in [2.05, 4.69) is 10.6 Å². The van der Waals surface area contributed by atoms with Crippen LogP contribution in [-0.4, -0.2) is 52.4 Å². The van der Waals surface area contributed by atoms with Gasteiger partial charge < -0.3 is 20.1 Å². The molecule has 0 radical (unpaired) electrons. The number of hydrogen-bond donors (Lipinski definition) is 3. The third kappa shape index (κ3) is 8.76. The van der Waals surface area contributed by atoms with Crippen LogP contribution in [-0.2, 0) is 27.4 Å². The number of ketones is 1. The Bertz CT molecular complexity index is 1360. The zero-order valence-corrected chi connectivity index (χ0v) is 26.3. The normalized spacial score (nSPS) is 16.0. The van der Waals surface area contributed by atoms with Crippen molar-refractivity contribution in [3.05, 3.63) is 76.0 Å². The quantitative estimate of drug-likeness (QED) is 0.301. The molecule has 1 aliphatic rings. The van der Waals surface area contributed by atoms with Gasteiger partial charge in [-0.3, -0.25) is 19.7 Å². The Labute approximate surface area is 254 Å². The molecule has 3 amide bonds. The van der Waals surface area contributed by atoms with Crippen molar-refractivity contribution in [2.24, 2.45) is 11.8 Å². The summed E-state index contributed by atoms with van der Waals surface area (Å²) in [5, 5.41) is 15.3. The van der Waals surface area contributed by atoms with Crippen LogP contribution in [0.2, 0.25) is 0 Å². The lowest BCUT2D eigenvalue weighted by molar-refractivity contribution is -0.130.